The monoisotopic (exact) mass is 660 g/mol. The van der Waals surface area contributed by atoms with Crippen LogP contribution in [0.3, 0.4) is 0 Å². The SMILES string of the molecule is CCN1C(=O)/C(=C/c2cc3c(s2)-c2sc4cc(/C=C5\SC(=S)N(CC)C5=O)sc4c2OC32CCCCC2)SC1=S. The number of rotatable bonds is 4. The summed E-state index contributed by atoms with van der Waals surface area (Å²) in [6, 6.07) is 4.42. The second-order valence-corrected chi connectivity index (χ2v) is 16.6. The highest BCUT2D eigenvalue weighted by atomic mass is 32.2. The molecule has 3 fully saturated rings. The van der Waals surface area contributed by atoms with Gasteiger partial charge in [0.05, 0.1) is 29.0 Å². The molecule has 4 aliphatic rings. The molecule has 1 saturated carbocycles. The van der Waals surface area contributed by atoms with E-state index >= 15 is 0 Å². The lowest BCUT2D eigenvalue weighted by Crippen LogP contribution is -2.37. The highest BCUT2D eigenvalue weighted by Gasteiger charge is 2.45. The average molecular weight is 661 g/mol. The molecular formula is C28H24N2O3S7. The molecule has 2 amide bonds. The lowest BCUT2D eigenvalue weighted by Gasteiger charge is -2.40. The van der Waals surface area contributed by atoms with Crippen LogP contribution >= 0.6 is 82.0 Å². The molecule has 206 valence electrons. The van der Waals surface area contributed by atoms with Crippen LogP contribution in [0.15, 0.2) is 21.9 Å². The van der Waals surface area contributed by atoms with Crippen molar-refractivity contribution in [3.8, 4) is 15.5 Å². The van der Waals surface area contributed by atoms with Crippen molar-refractivity contribution in [1.29, 1.82) is 0 Å². The van der Waals surface area contributed by atoms with Crippen LogP contribution in [0, 0.1) is 0 Å². The van der Waals surface area contributed by atoms with Crippen molar-refractivity contribution >= 4 is 124 Å². The number of amides is 2. The third kappa shape index (κ3) is 4.28. The van der Waals surface area contributed by atoms with E-state index in [2.05, 4.69) is 12.1 Å². The molecule has 7 rings (SSSR count). The minimum Gasteiger partial charge on any atom is -0.479 e. The molecule has 1 spiro atoms. The van der Waals surface area contributed by atoms with Crippen molar-refractivity contribution in [2.24, 2.45) is 0 Å². The molecule has 2 saturated heterocycles. The molecule has 40 heavy (non-hydrogen) atoms. The molecule has 0 radical (unpaired) electrons. The molecule has 0 atom stereocenters. The molecule has 0 bridgehead atoms. The van der Waals surface area contributed by atoms with Gasteiger partial charge in [0.25, 0.3) is 11.8 Å². The van der Waals surface area contributed by atoms with Crippen molar-refractivity contribution in [3.05, 3.63) is 37.3 Å². The summed E-state index contributed by atoms with van der Waals surface area (Å²) in [4.78, 5) is 34.9. The standard InChI is InChI=1S/C28H24N2O3S7/c1-3-29-24(31)18(39-26(29)34)12-14-10-16-21(36-14)23-20(33-28(16)8-6-5-7-9-28)22-17(38-23)11-15(37-22)13-19-25(32)30(4-2)27(35)40-19/h10-13H,3-9H2,1-2H3/b18-12-,19-13-. The van der Waals surface area contributed by atoms with Crippen molar-refractivity contribution < 1.29 is 14.3 Å². The zero-order valence-electron chi connectivity index (χ0n) is 21.7. The topological polar surface area (TPSA) is 49.9 Å². The van der Waals surface area contributed by atoms with Crippen molar-refractivity contribution in [2.45, 2.75) is 51.6 Å². The fourth-order valence-corrected chi connectivity index (χ4v) is 12.4. The van der Waals surface area contributed by atoms with Gasteiger partial charge in [-0.1, -0.05) is 54.4 Å². The van der Waals surface area contributed by atoms with E-state index in [1.807, 2.05) is 26.0 Å². The van der Waals surface area contributed by atoms with Crippen LogP contribution in [0.2, 0.25) is 0 Å². The minimum atomic E-state index is -0.340. The van der Waals surface area contributed by atoms with E-state index in [9.17, 15) is 9.59 Å². The smallest absolute Gasteiger partial charge is 0.266 e. The predicted octanol–water partition coefficient (Wildman–Crippen LogP) is 8.69. The molecule has 3 aromatic heterocycles. The molecule has 0 unspecified atom stereocenters. The van der Waals surface area contributed by atoms with Gasteiger partial charge < -0.3 is 4.74 Å². The van der Waals surface area contributed by atoms with Crippen LogP contribution in [0.25, 0.3) is 31.3 Å². The Morgan fingerprint density at radius 2 is 1.45 bits per heavy atom. The molecule has 12 heteroatoms. The van der Waals surface area contributed by atoms with Gasteiger partial charge in [0.15, 0.2) is 5.75 Å². The fourth-order valence-electron chi connectivity index (χ4n) is 5.74. The fraction of sp³-hybridized carbons (Fsp3) is 0.357. The van der Waals surface area contributed by atoms with Crippen LogP contribution in [-0.4, -0.2) is 43.3 Å². The van der Waals surface area contributed by atoms with Crippen molar-refractivity contribution in [3.63, 3.8) is 0 Å². The van der Waals surface area contributed by atoms with Gasteiger partial charge in [-0.25, -0.2) is 0 Å². The summed E-state index contributed by atoms with van der Waals surface area (Å²) in [5.74, 6) is 0.958. The summed E-state index contributed by atoms with van der Waals surface area (Å²) < 4.78 is 10.6. The van der Waals surface area contributed by atoms with Gasteiger partial charge in [0, 0.05) is 28.4 Å². The Kier molecular flexibility index (Phi) is 7.04. The summed E-state index contributed by atoms with van der Waals surface area (Å²) >= 11 is 18.8. The number of ether oxygens (including phenoxy) is 1. The first kappa shape index (κ1) is 27.3. The molecule has 5 nitrogen and oxygen atoms in total. The Hall–Kier alpha value is -1.54. The zero-order valence-corrected chi connectivity index (χ0v) is 27.5. The summed E-state index contributed by atoms with van der Waals surface area (Å²) in [6.45, 7) is 5.07. The third-order valence-corrected chi connectivity index (χ3v) is 14.0. The summed E-state index contributed by atoms with van der Waals surface area (Å²) in [5.41, 5.74) is 0.923. The van der Waals surface area contributed by atoms with Gasteiger partial charge in [-0.05, 0) is 63.8 Å². The van der Waals surface area contributed by atoms with E-state index in [1.165, 1.54) is 50.0 Å². The number of nitrogens with zero attached hydrogens (tertiary/aromatic N) is 2. The third-order valence-electron chi connectivity index (χ3n) is 7.67. The van der Waals surface area contributed by atoms with Crippen LogP contribution < -0.4 is 4.74 Å². The highest BCUT2D eigenvalue weighted by molar-refractivity contribution is 8.27. The van der Waals surface area contributed by atoms with Crippen LogP contribution in [-0.2, 0) is 15.2 Å². The maximum atomic E-state index is 12.9. The second kappa shape index (κ2) is 10.3. The number of hydrogen-bond donors (Lipinski definition) is 0. The van der Waals surface area contributed by atoms with Crippen LogP contribution in [0.5, 0.6) is 5.75 Å². The lowest BCUT2D eigenvalue weighted by atomic mass is 9.78. The van der Waals surface area contributed by atoms with E-state index in [0.29, 0.717) is 31.5 Å². The Morgan fingerprint density at radius 1 is 0.850 bits per heavy atom. The maximum Gasteiger partial charge on any atom is 0.266 e. The largest absolute Gasteiger partial charge is 0.479 e. The van der Waals surface area contributed by atoms with Gasteiger partial charge in [0.2, 0.25) is 0 Å². The van der Waals surface area contributed by atoms with Gasteiger partial charge in [-0.2, -0.15) is 0 Å². The quantitative estimate of drug-likeness (QED) is 0.205. The molecule has 1 aliphatic carbocycles. The van der Waals surface area contributed by atoms with E-state index in [1.54, 1.807) is 43.8 Å². The Balaban J connectivity index is 1.30. The van der Waals surface area contributed by atoms with Gasteiger partial charge in [-0.15, -0.1) is 34.0 Å². The van der Waals surface area contributed by atoms with E-state index in [-0.39, 0.29) is 17.4 Å². The molecule has 0 aromatic carbocycles. The van der Waals surface area contributed by atoms with Crippen LogP contribution in [0.4, 0.5) is 0 Å². The van der Waals surface area contributed by atoms with Gasteiger partial charge in [0.1, 0.15) is 14.2 Å². The zero-order chi connectivity index (χ0) is 27.8. The number of carbonyl (C=O) groups excluding carboxylic acids is 2. The van der Waals surface area contributed by atoms with Crippen LogP contribution in [0.1, 0.15) is 61.3 Å². The highest BCUT2D eigenvalue weighted by Crippen LogP contribution is 2.60. The number of carbonyl (C=O) groups is 2. The molecular weight excluding hydrogens is 637 g/mol. The number of hydrogen-bond acceptors (Lipinski definition) is 10. The molecule has 0 N–H and O–H groups in total. The number of likely N-dealkylation sites (N-methyl/N-ethyl adjacent to an activating group) is 2. The predicted molar refractivity (Wildman–Crippen MR) is 180 cm³/mol. The maximum absolute atomic E-state index is 12.9. The summed E-state index contributed by atoms with van der Waals surface area (Å²) in [5, 5.41) is 0. The number of thioether (sulfide) groups is 2. The van der Waals surface area contributed by atoms with Crippen molar-refractivity contribution in [1.82, 2.24) is 9.80 Å². The second-order valence-electron chi connectivity index (χ2n) is 10.0. The number of thiophene rings is 3. The van der Waals surface area contributed by atoms with Gasteiger partial charge >= 0.3 is 0 Å². The first-order valence-corrected chi connectivity index (χ1v) is 18.1. The summed E-state index contributed by atoms with van der Waals surface area (Å²) in [7, 11) is 0. The van der Waals surface area contributed by atoms with E-state index in [4.69, 9.17) is 29.2 Å². The molecule has 3 aliphatic heterocycles. The average Bonchev–Trinajstić information content (AvgIpc) is 3.71. The first-order valence-electron chi connectivity index (χ1n) is 13.2. The summed E-state index contributed by atoms with van der Waals surface area (Å²) in [6.07, 6.45) is 9.45. The lowest BCUT2D eigenvalue weighted by molar-refractivity contribution is -0.122. The Morgan fingerprint density at radius 3 is 2.02 bits per heavy atom. The van der Waals surface area contributed by atoms with Crippen molar-refractivity contribution in [2.75, 3.05) is 13.1 Å². The molecule has 6 heterocycles. The van der Waals surface area contributed by atoms with Gasteiger partial charge in [-0.3, -0.25) is 19.4 Å². The van der Waals surface area contributed by atoms with E-state index in [0.717, 1.165) is 45.9 Å². The van der Waals surface area contributed by atoms with E-state index < -0.39 is 0 Å². The normalized spacial score (nSPS) is 22.4. The molecule has 3 aromatic rings. The Labute approximate surface area is 263 Å². The number of thiocarbonyl (C=S) groups is 2. The minimum absolute atomic E-state index is 0.00629. The number of fused-ring (bicyclic) bond motifs is 6. The first-order chi connectivity index (χ1) is 19.3. The Bertz CT molecular complexity index is 1680.